The number of esters is 1. The number of nitrogens with zero attached hydrogens (tertiary/aromatic N) is 1. The van der Waals surface area contributed by atoms with Crippen molar-refractivity contribution in [1.82, 2.24) is 10.2 Å². The summed E-state index contributed by atoms with van der Waals surface area (Å²) in [7, 11) is 0. The van der Waals surface area contributed by atoms with E-state index in [-0.39, 0.29) is 12.7 Å². The number of hydrogen-bond acceptors (Lipinski definition) is 5. The summed E-state index contributed by atoms with van der Waals surface area (Å²) in [6.07, 6.45) is 2.33. The molecule has 0 radical (unpaired) electrons. The minimum absolute atomic E-state index is 0.0910. The first-order valence-corrected chi connectivity index (χ1v) is 10.1. The van der Waals surface area contributed by atoms with Gasteiger partial charge in [0.1, 0.15) is 12.8 Å². The summed E-state index contributed by atoms with van der Waals surface area (Å²) in [6.45, 7) is 3.78. The second-order valence-electron chi connectivity index (χ2n) is 7.51. The Bertz CT molecular complexity index is 936. The zero-order valence-corrected chi connectivity index (χ0v) is 17.6. The Morgan fingerprint density at radius 3 is 2.39 bits per heavy atom. The average molecular weight is 422 g/mol. The maximum atomic E-state index is 12.4. The average Bonchev–Trinajstić information content (AvgIpc) is 3.25. The summed E-state index contributed by atoms with van der Waals surface area (Å²) in [4.78, 5) is 36.5. The summed E-state index contributed by atoms with van der Waals surface area (Å²) in [5.74, 6) is -0.425. The van der Waals surface area contributed by atoms with Crippen LogP contribution in [0.15, 0.2) is 66.4 Å². The van der Waals surface area contributed by atoms with Crippen LogP contribution < -0.4 is 5.32 Å². The molecule has 1 aliphatic heterocycles. The Morgan fingerprint density at radius 1 is 1.06 bits per heavy atom. The van der Waals surface area contributed by atoms with Crippen LogP contribution in [0, 0.1) is 0 Å². The van der Waals surface area contributed by atoms with E-state index >= 15 is 0 Å². The maximum Gasteiger partial charge on any atom is 0.338 e. The molecule has 1 heterocycles. The van der Waals surface area contributed by atoms with Gasteiger partial charge >= 0.3 is 12.0 Å². The van der Waals surface area contributed by atoms with Crippen molar-refractivity contribution in [3.8, 4) is 11.1 Å². The molecule has 2 aromatic carbocycles. The van der Waals surface area contributed by atoms with E-state index in [0.29, 0.717) is 24.8 Å². The van der Waals surface area contributed by atoms with Crippen LogP contribution in [0.1, 0.15) is 37.0 Å². The molecule has 31 heavy (non-hydrogen) atoms. The second-order valence-corrected chi connectivity index (χ2v) is 7.51. The van der Waals surface area contributed by atoms with Gasteiger partial charge in [0.2, 0.25) is 6.41 Å². The number of carbonyl (C=O) groups is 3. The molecule has 7 nitrogen and oxygen atoms in total. The molecule has 0 aromatic heterocycles. The largest absolute Gasteiger partial charge is 0.459 e. The van der Waals surface area contributed by atoms with Crippen molar-refractivity contribution in [2.24, 2.45) is 0 Å². The summed E-state index contributed by atoms with van der Waals surface area (Å²) in [6, 6.07) is 16.6. The molecular formula is C24H26N2O5. The van der Waals surface area contributed by atoms with Crippen molar-refractivity contribution in [3.05, 3.63) is 71.9 Å². The third-order valence-corrected chi connectivity index (χ3v) is 4.84. The molecule has 2 atom stereocenters. The first-order chi connectivity index (χ1) is 15.0. The van der Waals surface area contributed by atoms with Crippen molar-refractivity contribution >= 4 is 18.4 Å². The van der Waals surface area contributed by atoms with Crippen LogP contribution in [-0.2, 0) is 14.3 Å². The van der Waals surface area contributed by atoms with Crippen molar-refractivity contribution in [2.75, 3.05) is 6.61 Å². The summed E-state index contributed by atoms with van der Waals surface area (Å²) >= 11 is 0. The molecule has 2 unspecified atom stereocenters. The zero-order valence-electron chi connectivity index (χ0n) is 17.6. The van der Waals surface area contributed by atoms with Gasteiger partial charge in [-0.25, -0.2) is 9.59 Å². The van der Waals surface area contributed by atoms with E-state index in [9.17, 15) is 14.4 Å². The number of carbonyl (C=O) groups excluding carboxylic acids is 3. The zero-order chi connectivity index (χ0) is 22.2. The predicted octanol–water partition coefficient (Wildman–Crippen LogP) is 4.11. The SMILES string of the molecule is CC(C)=CN(C(=O)NC=O)C1CCC(COC(=O)c2ccc(-c3ccccc3)cc2)O1. The lowest BCUT2D eigenvalue weighted by Crippen LogP contribution is -2.42. The lowest BCUT2D eigenvalue weighted by molar-refractivity contribution is -0.109. The Hall–Kier alpha value is -3.45. The van der Waals surface area contributed by atoms with Gasteiger partial charge in [-0.1, -0.05) is 48.0 Å². The van der Waals surface area contributed by atoms with Crippen LogP contribution in [0.3, 0.4) is 0 Å². The van der Waals surface area contributed by atoms with Gasteiger partial charge < -0.3 is 9.47 Å². The molecule has 1 N–H and O–H groups in total. The third-order valence-electron chi connectivity index (χ3n) is 4.84. The number of nitrogens with one attached hydrogen (secondary N) is 1. The number of amides is 3. The third kappa shape index (κ3) is 6.02. The molecule has 2 aromatic rings. The standard InChI is InChI=1S/C24H26N2O5/c1-17(2)14-26(24(29)25-16-27)22-13-12-21(31-22)15-30-23(28)20-10-8-19(9-11-20)18-6-4-3-5-7-18/h3-11,14,16,21-22H,12-13,15H2,1-2H3,(H,25,27,29). The predicted molar refractivity (Wildman–Crippen MR) is 116 cm³/mol. The first kappa shape index (κ1) is 22.2. The van der Waals surface area contributed by atoms with E-state index in [1.807, 2.05) is 56.3 Å². The number of imide groups is 1. The maximum absolute atomic E-state index is 12.4. The first-order valence-electron chi connectivity index (χ1n) is 10.1. The van der Waals surface area contributed by atoms with Gasteiger partial charge in [0, 0.05) is 6.20 Å². The Kier molecular flexibility index (Phi) is 7.56. The molecule has 162 valence electrons. The van der Waals surface area contributed by atoms with Gasteiger partial charge in [0.05, 0.1) is 11.7 Å². The van der Waals surface area contributed by atoms with Crippen molar-refractivity contribution in [1.29, 1.82) is 0 Å². The molecule has 0 aliphatic carbocycles. The molecular weight excluding hydrogens is 396 g/mol. The lowest BCUT2D eigenvalue weighted by atomic mass is 10.0. The fourth-order valence-corrected chi connectivity index (χ4v) is 3.37. The topological polar surface area (TPSA) is 84.9 Å². The van der Waals surface area contributed by atoms with Gasteiger partial charge in [-0.15, -0.1) is 0 Å². The number of benzene rings is 2. The number of allylic oxidation sites excluding steroid dienone is 1. The highest BCUT2D eigenvalue weighted by Crippen LogP contribution is 2.25. The number of hydrogen-bond donors (Lipinski definition) is 1. The number of ether oxygens (including phenoxy) is 2. The fraction of sp³-hybridized carbons (Fsp3) is 0.292. The van der Waals surface area contributed by atoms with Gasteiger partial charge in [-0.05, 0) is 49.9 Å². The normalized spacial score (nSPS) is 17.5. The quantitative estimate of drug-likeness (QED) is 0.536. The molecule has 3 amide bonds. The van der Waals surface area contributed by atoms with E-state index in [1.165, 1.54) is 4.90 Å². The molecule has 3 rings (SSSR count). The monoisotopic (exact) mass is 422 g/mol. The van der Waals surface area contributed by atoms with Crippen LogP contribution in [-0.4, -0.2) is 42.2 Å². The molecule has 0 saturated carbocycles. The molecule has 0 spiro atoms. The smallest absolute Gasteiger partial charge is 0.338 e. The second kappa shape index (κ2) is 10.5. The Morgan fingerprint density at radius 2 is 1.74 bits per heavy atom. The highest BCUT2D eigenvalue weighted by Gasteiger charge is 2.32. The van der Waals surface area contributed by atoms with Gasteiger partial charge in [-0.2, -0.15) is 0 Å². The molecule has 1 fully saturated rings. The van der Waals surface area contributed by atoms with Gasteiger partial charge in [-0.3, -0.25) is 15.0 Å². The summed E-state index contributed by atoms with van der Waals surface area (Å²) in [5.41, 5.74) is 3.45. The lowest BCUT2D eigenvalue weighted by Gasteiger charge is -2.25. The van der Waals surface area contributed by atoms with Crippen LogP contribution in [0.5, 0.6) is 0 Å². The van der Waals surface area contributed by atoms with Crippen LogP contribution >= 0.6 is 0 Å². The minimum Gasteiger partial charge on any atom is -0.459 e. The van der Waals surface area contributed by atoms with Crippen molar-refractivity contribution in [2.45, 2.75) is 39.0 Å². The molecule has 1 saturated heterocycles. The minimum atomic E-state index is -0.558. The summed E-state index contributed by atoms with van der Waals surface area (Å²) < 4.78 is 11.3. The van der Waals surface area contributed by atoms with Crippen LogP contribution in [0.2, 0.25) is 0 Å². The fourth-order valence-electron chi connectivity index (χ4n) is 3.37. The molecule has 0 bridgehead atoms. The van der Waals surface area contributed by atoms with E-state index in [1.54, 1.807) is 18.3 Å². The number of rotatable bonds is 7. The van der Waals surface area contributed by atoms with E-state index in [0.717, 1.165) is 16.7 Å². The van der Waals surface area contributed by atoms with Crippen LogP contribution in [0.4, 0.5) is 4.79 Å². The van der Waals surface area contributed by atoms with E-state index in [4.69, 9.17) is 9.47 Å². The van der Waals surface area contributed by atoms with Gasteiger partial charge in [0.15, 0.2) is 0 Å². The highest BCUT2D eigenvalue weighted by atomic mass is 16.6. The molecule has 7 heteroatoms. The van der Waals surface area contributed by atoms with E-state index in [2.05, 4.69) is 5.32 Å². The van der Waals surface area contributed by atoms with Crippen LogP contribution in [0.25, 0.3) is 11.1 Å². The number of urea groups is 1. The Balaban J connectivity index is 1.54. The summed E-state index contributed by atoms with van der Waals surface area (Å²) in [5, 5.41) is 2.13. The highest BCUT2D eigenvalue weighted by molar-refractivity contribution is 5.90. The Labute approximate surface area is 181 Å². The van der Waals surface area contributed by atoms with Crippen molar-refractivity contribution < 1.29 is 23.9 Å². The molecule has 1 aliphatic rings. The van der Waals surface area contributed by atoms with Gasteiger partial charge in [0.25, 0.3) is 0 Å². The van der Waals surface area contributed by atoms with E-state index < -0.39 is 18.2 Å². The van der Waals surface area contributed by atoms with Crippen molar-refractivity contribution in [3.63, 3.8) is 0 Å².